The number of likely N-dealkylation sites (tertiary alicyclic amines) is 1. The highest BCUT2D eigenvalue weighted by Gasteiger charge is 2.26. The lowest BCUT2D eigenvalue weighted by Crippen LogP contribution is -2.41. The second-order valence-corrected chi connectivity index (χ2v) is 9.08. The molecule has 0 radical (unpaired) electrons. The van der Waals surface area contributed by atoms with E-state index in [1.165, 1.54) is 7.11 Å². The summed E-state index contributed by atoms with van der Waals surface area (Å²) in [6, 6.07) is 13.9. The number of aromatic nitrogens is 2. The van der Waals surface area contributed by atoms with Crippen molar-refractivity contribution in [2.75, 3.05) is 44.0 Å². The predicted molar refractivity (Wildman–Crippen MR) is 139 cm³/mol. The number of esters is 1. The van der Waals surface area contributed by atoms with Crippen LogP contribution in [0.1, 0.15) is 12.8 Å². The van der Waals surface area contributed by atoms with Gasteiger partial charge in [0.15, 0.2) is 0 Å². The van der Waals surface area contributed by atoms with Gasteiger partial charge in [-0.05, 0) is 67.9 Å². The number of urea groups is 1. The van der Waals surface area contributed by atoms with Crippen molar-refractivity contribution in [3.05, 3.63) is 59.8 Å². The van der Waals surface area contributed by atoms with Gasteiger partial charge in [-0.3, -0.25) is 14.4 Å². The molecule has 190 valence electrons. The van der Waals surface area contributed by atoms with Crippen LogP contribution < -0.4 is 15.4 Å². The molecular formula is C26H30ClN5O4. The number of nitrogens with zero attached hydrogens (tertiary/aromatic N) is 3. The zero-order valence-corrected chi connectivity index (χ0v) is 21.1. The first-order chi connectivity index (χ1) is 17.4. The molecule has 0 aliphatic carbocycles. The molecule has 3 aromatic rings. The number of piperidine rings is 1. The summed E-state index contributed by atoms with van der Waals surface area (Å²) in [4.78, 5) is 26.7. The highest BCUT2D eigenvalue weighted by atomic mass is 35.5. The Kier molecular flexibility index (Phi) is 8.45. The van der Waals surface area contributed by atoms with Gasteiger partial charge >= 0.3 is 12.0 Å². The van der Waals surface area contributed by atoms with E-state index < -0.39 is 0 Å². The van der Waals surface area contributed by atoms with E-state index in [9.17, 15) is 9.59 Å². The van der Waals surface area contributed by atoms with Gasteiger partial charge in [-0.15, -0.1) is 0 Å². The molecule has 0 spiro atoms. The molecule has 10 heteroatoms. The van der Waals surface area contributed by atoms with Gasteiger partial charge in [-0.1, -0.05) is 11.6 Å². The van der Waals surface area contributed by atoms with Crippen LogP contribution in [0.2, 0.25) is 5.02 Å². The van der Waals surface area contributed by atoms with Crippen LogP contribution in [0.15, 0.2) is 54.7 Å². The molecule has 2 amide bonds. The first kappa shape index (κ1) is 25.5. The molecule has 2 aromatic carbocycles. The molecule has 1 atom stereocenters. The van der Waals surface area contributed by atoms with E-state index in [0.717, 1.165) is 30.6 Å². The van der Waals surface area contributed by atoms with E-state index in [1.54, 1.807) is 41.2 Å². The summed E-state index contributed by atoms with van der Waals surface area (Å²) in [7, 11) is 3.29. The third-order valence-corrected chi connectivity index (χ3v) is 6.39. The zero-order valence-electron chi connectivity index (χ0n) is 20.4. The van der Waals surface area contributed by atoms with Gasteiger partial charge in [-0.2, -0.15) is 5.10 Å². The Hall–Kier alpha value is -3.56. The van der Waals surface area contributed by atoms with Crippen molar-refractivity contribution in [1.82, 2.24) is 14.7 Å². The summed E-state index contributed by atoms with van der Waals surface area (Å²) < 4.78 is 12.8. The summed E-state index contributed by atoms with van der Waals surface area (Å²) in [5.41, 5.74) is 2.92. The van der Waals surface area contributed by atoms with Crippen LogP contribution in [0, 0.1) is 5.92 Å². The van der Waals surface area contributed by atoms with Gasteiger partial charge in [0.25, 0.3) is 0 Å². The zero-order chi connectivity index (χ0) is 25.5. The van der Waals surface area contributed by atoms with Crippen LogP contribution in [-0.4, -0.2) is 60.0 Å². The van der Waals surface area contributed by atoms with Crippen molar-refractivity contribution < 1.29 is 19.1 Å². The first-order valence-electron chi connectivity index (χ1n) is 11.8. The third kappa shape index (κ3) is 6.56. The minimum absolute atomic E-state index is 0.0851. The number of halogens is 1. The lowest BCUT2D eigenvalue weighted by atomic mass is 9.98. The number of aryl methyl sites for hydroxylation is 1. The number of carbonyl (C=O) groups excluding carboxylic acids is 2. The fraction of sp³-hybridized carbons (Fsp3) is 0.346. The number of hydrogen-bond donors (Lipinski definition) is 2. The van der Waals surface area contributed by atoms with Gasteiger partial charge < -0.3 is 20.1 Å². The number of ether oxygens (including phenoxy) is 2. The van der Waals surface area contributed by atoms with Crippen molar-refractivity contribution in [2.24, 2.45) is 13.0 Å². The van der Waals surface area contributed by atoms with Crippen LogP contribution in [0.4, 0.5) is 16.2 Å². The van der Waals surface area contributed by atoms with Gasteiger partial charge in [0.1, 0.15) is 12.4 Å². The van der Waals surface area contributed by atoms with E-state index in [4.69, 9.17) is 21.1 Å². The smallest absolute Gasteiger partial charge is 0.323 e. The maximum atomic E-state index is 12.5. The van der Waals surface area contributed by atoms with Gasteiger partial charge in [0, 0.05) is 48.3 Å². The standard InChI is InChI=1S/C26H30ClN5O4/c1-31-23(11-12-28-31)22-16-21(30-26(34)29-20-7-5-19(27)6-8-20)9-10-24(22)36-15-14-32-13-3-4-18(17-32)25(33)35-2/h5-12,16,18H,3-4,13-15,17H2,1-2H3,(H2,29,30,34). The minimum Gasteiger partial charge on any atom is -0.492 e. The predicted octanol–water partition coefficient (Wildman–Crippen LogP) is 4.65. The minimum atomic E-state index is -0.368. The monoisotopic (exact) mass is 511 g/mol. The maximum Gasteiger partial charge on any atom is 0.323 e. The summed E-state index contributed by atoms with van der Waals surface area (Å²) in [5, 5.41) is 10.5. The maximum absolute atomic E-state index is 12.5. The van der Waals surface area contributed by atoms with Crippen LogP contribution in [-0.2, 0) is 16.6 Å². The molecule has 1 aromatic heterocycles. The lowest BCUT2D eigenvalue weighted by molar-refractivity contribution is -0.147. The van der Waals surface area contributed by atoms with E-state index >= 15 is 0 Å². The van der Waals surface area contributed by atoms with Crippen LogP contribution in [0.25, 0.3) is 11.3 Å². The topological polar surface area (TPSA) is 97.7 Å². The van der Waals surface area contributed by atoms with Crippen LogP contribution >= 0.6 is 11.6 Å². The largest absolute Gasteiger partial charge is 0.492 e. The van der Waals surface area contributed by atoms with Crippen molar-refractivity contribution in [2.45, 2.75) is 12.8 Å². The molecular weight excluding hydrogens is 482 g/mol. The van der Waals surface area contributed by atoms with Crippen molar-refractivity contribution >= 4 is 35.0 Å². The van der Waals surface area contributed by atoms with Gasteiger partial charge in [-0.25, -0.2) is 4.79 Å². The molecule has 1 saturated heterocycles. The first-order valence-corrected chi connectivity index (χ1v) is 12.2. The van der Waals surface area contributed by atoms with Crippen molar-refractivity contribution in [3.8, 4) is 17.0 Å². The summed E-state index contributed by atoms with van der Waals surface area (Å²) in [6.07, 6.45) is 3.53. The number of carbonyl (C=O) groups is 2. The molecule has 1 fully saturated rings. The second kappa shape index (κ2) is 11.9. The number of rotatable bonds is 8. The average Bonchev–Trinajstić information content (AvgIpc) is 3.31. The number of anilines is 2. The van der Waals surface area contributed by atoms with E-state index in [-0.39, 0.29) is 17.9 Å². The van der Waals surface area contributed by atoms with E-state index in [1.807, 2.05) is 25.2 Å². The number of methoxy groups -OCH3 is 1. The molecule has 1 aliphatic rings. The van der Waals surface area contributed by atoms with Crippen LogP contribution in [0.3, 0.4) is 0 Å². The average molecular weight is 512 g/mol. The highest BCUT2D eigenvalue weighted by molar-refractivity contribution is 6.30. The van der Waals surface area contributed by atoms with Crippen molar-refractivity contribution in [1.29, 1.82) is 0 Å². The highest BCUT2D eigenvalue weighted by Crippen LogP contribution is 2.32. The molecule has 2 heterocycles. The summed E-state index contributed by atoms with van der Waals surface area (Å²) in [6.45, 7) is 2.76. The fourth-order valence-corrected chi connectivity index (χ4v) is 4.43. The van der Waals surface area contributed by atoms with Gasteiger partial charge in [0.2, 0.25) is 0 Å². The number of nitrogens with one attached hydrogen (secondary N) is 2. The van der Waals surface area contributed by atoms with Gasteiger partial charge in [0.05, 0.1) is 18.7 Å². The Bertz CT molecular complexity index is 1200. The Balaban J connectivity index is 1.42. The summed E-state index contributed by atoms with van der Waals surface area (Å²) >= 11 is 5.91. The Morgan fingerprint density at radius 3 is 2.58 bits per heavy atom. The Labute approximate surface area is 215 Å². The van der Waals surface area contributed by atoms with Crippen LogP contribution in [0.5, 0.6) is 5.75 Å². The molecule has 1 unspecified atom stereocenters. The summed E-state index contributed by atoms with van der Waals surface area (Å²) in [5.74, 6) is 0.448. The van der Waals surface area contributed by atoms with E-state index in [0.29, 0.717) is 41.8 Å². The molecule has 9 nitrogen and oxygen atoms in total. The van der Waals surface area contributed by atoms with Crippen molar-refractivity contribution in [3.63, 3.8) is 0 Å². The fourth-order valence-electron chi connectivity index (χ4n) is 4.30. The number of benzene rings is 2. The Morgan fingerprint density at radius 1 is 1.11 bits per heavy atom. The number of hydrogen-bond acceptors (Lipinski definition) is 6. The molecule has 1 aliphatic heterocycles. The molecule has 0 saturated carbocycles. The normalized spacial score (nSPS) is 15.8. The second-order valence-electron chi connectivity index (χ2n) is 8.65. The molecule has 4 rings (SSSR count). The molecule has 2 N–H and O–H groups in total. The molecule has 36 heavy (non-hydrogen) atoms. The van der Waals surface area contributed by atoms with E-state index in [2.05, 4.69) is 20.6 Å². The SMILES string of the molecule is COC(=O)C1CCCN(CCOc2ccc(NC(=O)Nc3ccc(Cl)cc3)cc2-c2ccnn2C)C1. The quantitative estimate of drug-likeness (QED) is 0.427. The third-order valence-electron chi connectivity index (χ3n) is 6.14. The Morgan fingerprint density at radius 2 is 1.86 bits per heavy atom. The molecule has 0 bridgehead atoms. The lowest BCUT2D eigenvalue weighted by Gasteiger charge is -2.31. The number of amides is 2.